The second-order valence-electron chi connectivity index (χ2n) is 2.50. The summed E-state index contributed by atoms with van der Waals surface area (Å²) in [6, 6.07) is 2.41. The summed E-state index contributed by atoms with van der Waals surface area (Å²) in [4.78, 5) is 2.17. The van der Waals surface area contributed by atoms with Gasteiger partial charge in [0, 0.05) is 6.07 Å². The Morgan fingerprint density at radius 2 is 2.13 bits per heavy atom. The molecule has 0 saturated heterocycles. The molecule has 0 bridgehead atoms. The van der Waals surface area contributed by atoms with Crippen molar-refractivity contribution in [2.24, 2.45) is 0 Å². The summed E-state index contributed by atoms with van der Waals surface area (Å²) in [5.74, 6) is -0.312. The Morgan fingerprint density at radius 3 is 2.53 bits per heavy atom. The summed E-state index contributed by atoms with van der Waals surface area (Å²) in [6.07, 6.45) is 0. The maximum atomic E-state index is 11.0. The van der Waals surface area contributed by atoms with E-state index in [2.05, 4.69) is 4.98 Å². The first-order valence-electron chi connectivity index (χ1n) is 3.61. The van der Waals surface area contributed by atoms with Crippen molar-refractivity contribution in [2.75, 3.05) is 7.11 Å². The van der Waals surface area contributed by atoms with Gasteiger partial charge in [0.05, 0.1) is 12.1 Å². The van der Waals surface area contributed by atoms with E-state index in [4.69, 9.17) is 26.3 Å². The Kier molecular flexibility index (Phi) is 3.14. The van der Waals surface area contributed by atoms with Crippen LogP contribution in [-0.2, 0) is 10.1 Å². The molecule has 6 nitrogen and oxygen atoms in total. The van der Waals surface area contributed by atoms with Gasteiger partial charge in [0.1, 0.15) is 0 Å². The molecule has 0 aromatic heterocycles. The number of nitrogens with zero attached hydrogens (tertiary/aromatic N) is 2. The highest BCUT2D eigenvalue weighted by molar-refractivity contribution is 7.86. The maximum Gasteiger partial charge on any atom is 0.427 e. The van der Waals surface area contributed by atoms with E-state index in [1.807, 2.05) is 0 Å². The molecule has 0 unspecified atom stereocenters. The number of methoxy groups -OCH3 is 1. The number of hydrogen-bond donors (Lipinski definition) is 1. The summed E-state index contributed by atoms with van der Waals surface area (Å²) in [5, 5.41) is 8.34. The summed E-state index contributed by atoms with van der Waals surface area (Å²) in [7, 11) is -3.38. The van der Waals surface area contributed by atoms with Gasteiger partial charge >= 0.3 is 5.69 Å². The maximum absolute atomic E-state index is 11.0. The van der Waals surface area contributed by atoms with E-state index in [1.54, 1.807) is 0 Å². The molecule has 8 heteroatoms. The molecule has 1 rings (SSSR count). The van der Waals surface area contributed by atoms with Gasteiger partial charge in [-0.05, 0) is 6.07 Å². The second kappa shape index (κ2) is 4.02. The summed E-state index contributed by atoms with van der Waals surface area (Å²) in [5.41, 5.74) is -0.144. The smallest absolute Gasteiger partial charge is 0.427 e. The van der Waals surface area contributed by atoms with E-state index in [0.717, 1.165) is 7.11 Å². The van der Waals surface area contributed by atoms with Gasteiger partial charge in [-0.25, -0.2) is 0 Å². The molecule has 0 spiro atoms. The number of ether oxygens (including phenoxy) is 1. The minimum absolute atomic E-state index is 0.144. The van der Waals surface area contributed by atoms with Crippen LogP contribution in [0.25, 0.3) is 4.98 Å². The first-order chi connectivity index (χ1) is 6.91. The Labute approximate surface area is 90.8 Å². The zero-order valence-corrected chi connectivity index (χ0v) is 9.08. The molecule has 0 amide bonds. The molecule has 1 aromatic carbocycles. The van der Waals surface area contributed by atoms with Crippen molar-refractivity contribution in [2.45, 2.75) is 4.90 Å². The van der Waals surface area contributed by atoms with Gasteiger partial charge in [0.2, 0.25) is 11.1 Å². The van der Waals surface area contributed by atoms with E-state index in [9.17, 15) is 8.42 Å². The lowest BCUT2D eigenvalue weighted by atomic mass is 10.3. The molecular formula is C7H6ClN2O4S+. The first-order valence-corrected chi connectivity index (χ1v) is 5.42. The Balaban J connectivity index is 3.71. The molecule has 0 fully saturated rings. The summed E-state index contributed by atoms with van der Waals surface area (Å²) >= 11 is 5.58. The van der Waals surface area contributed by atoms with Crippen LogP contribution in [0.2, 0.25) is 5.02 Å². The minimum atomic E-state index is -4.54. The average Bonchev–Trinajstić information content (AvgIpc) is 2.15. The molecule has 0 saturated carbocycles. The molecule has 1 N–H and O–H groups in total. The second-order valence-corrected chi connectivity index (χ2v) is 4.27. The van der Waals surface area contributed by atoms with E-state index in [-0.39, 0.29) is 16.5 Å². The van der Waals surface area contributed by atoms with Crippen LogP contribution >= 0.6 is 11.6 Å². The van der Waals surface area contributed by atoms with Crippen molar-refractivity contribution < 1.29 is 17.7 Å². The van der Waals surface area contributed by atoms with E-state index in [1.165, 1.54) is 12.1 Å². The van der Waals surface area contributed by atoms with Gasteiger partial charge in [0.25, 0.3) is 10.1 Å². The minimum Gasteiger partial charge on any atom is -0.488 e. The van der Waals surface area contributed by atoms with Crippen LogP contribution in [-0.4, -0.2) is 20.1 Å². The Morgan fingerprint density at radius 1 is 1.53 bits per heavy atom. The predicted molar refractivity (Wildman–Crippen MR) is 52.6 cm³/mol. The highest BCUT2D eigenvalue weighted by Crippen LogP contribution is 2.38. The normalized spacial score (nSPS) is 10.8. The largest absolute Gasteiger partial charge is 0.488 e. The van der Waals surface area contributed by atoms with Gasteiger partial charge in [-0.2, -0.15) is 8.42 Å². The van der Waals surface area contributed by atoms with Crippen LogP contribution in [0.1, 0.15) is 0 Å². The number of halogens is 1. The first kappa shape index (κ1) is 11.7. The molecule has 15 heavy (non-hydrogen) atoms. The number of benzene rings is 1. The third-order valence-electron chi connectivity index (χ3n) is 1.61. The molecule has 0 heterocycles. The van der Waals surface area contributed by atoms with Crippen molar-refractivity contribution in [1.82, 2.24) is 0 Å². The van der Waals surface area contributed by atoms with Crippen LogP contribution < -0.4 is 4.74 Å². The Bertz CT molecular complexity index is 535. The van der Waals surface area contributed by atoms with E-state index < -0.39 is 15.0 Å². The van der Waals surface area contributed by atoms with E-state index in [0.29, 0.717) is 0 Å². The quantitative estimate of drug-likeness (QED) is 0.640. The van der Waals surface area contributed by atoms with E-state index >= 15 is 0 Å². The molecule has 80 valence electrons. The monoisotopic (exact) mass is 249 g/mol. The van der Waals surface area contributed by atoms with Crippen LogP contribution in [0, 0.1) is 5.39 Å². The molecule has 0 aliphatic rings. The lowest BCUT2D eigenvalue weighted by Gasteiger charge is -2.04. The number of rotatable bonds is 2. The van der Waals surface area contributed by atoms with Crippen molar-refractivity contribution in [1.29, 1.82) is 5.39 Å². The topological polar surface area (TPSA) is 91.8 Å². The highest BCUT2D eigenvalue weighted by atomic mass is 35.5. The van der Waals surface area contributed by atoms with Gasteiger partial charge in [-0.1, -0.05) is 11.6 Å². The third kappa shape index (κ3) is 2.18. The van der Waals surface area contributed by atoms with Crippen LogP contribution in [0.4, 0.5) is 5.69 Å². The molecule has 0 aliphatic heterocycles. The van der Waals surface area contributed by atoms with Crippen LogP contribution in [0.3, 0.4) is 0 Å². The van der Waals surface area contributed by atoms with Crippen molar-refractivity contribution >= 4 is 27.4 Å². The lowest BCUT2D eigenvalue weighted by Crippen LogP contribution is -2.02. The highest BCUT2D eigenvalue weighted by Gasteiger charge is 2.29. The summed E-state index contributed by atoms with van der Waals surface area (Å²) < 4.78 is 35.5. The van der Waals surface area contributed by atoms with Gasteiger partial charge in [-0.3, -0.25) is 4.55 Å². The predicted octanol–water partition coefficient (Wildman–Crippen LogP) is 2.08. The fourth-order valence-electron chi connectivity index (χ4n) is 1.04. The molecule has 1 aromatic rings. The molecule has 0 radical (unpaired) electrons. The standard InChI is InChI=1S/C7H5ClN2O4S/c1-14-6-5(10-9)3-2-4(8)7(6)15(11,12)13/h2-3H,1H3/p+1. The fourth-order valence-corrected chi connectivity index (χ4v) is 2.22. The molecule has 0 aliphatic carbocycles. The zero-order chi connectivity index (χ0) is 11.6. The van der Waals surface area contributed by atoms with Gasteiger partial charge in [0.15, 0.2) is 9.87 Å². The fraction of sp³-hybridized carbons (Fsp3) is 0.143. The van der Waals surface area contributed by atoms with Crippen LogP contribution in [0.15, 0.2) is 17.0 Å². The van der Waals surface area contributed by atoms with Crippen molar-refractivity contribution in [3.8, 4) is 5.75 Å². The molecule has 0 atom stereocenters. The molecular weight excluding hydrogens is 244 g/mol. The van der Waals surface area contributed by atoms with Gasteiger partial charge in [-0.15, -0.1) is 0 Å². The number of diazo groups is 1. The van der Waals surface area contributed by atoms with Gasteiger partial charge < -0.3 is 4.74 Å². The van der Waals surface area contributed by atoms with Crippen molar-refractivity contribution in [3.63, 3.8) is 0 Å². The summed E-state index contributed by atoms with van der Waals surface area (Å²) in [6.45, 7) is 0. The Hall–Kier alpha value is -1.36. The third-order valence-corrected chi connectivity index (χ3v) is 2.96. The lowest BCUT2D eigenvalue weighted by molar-refractivity contribution is 0.400. The number of hydrogen-bond acceptors (Lipinski definition) is 4. The zero-order valence-electron chi connectivity index (χ0n) is 7.51. The van der Waals surface area contributed by atoms with Crippen LogP contribution in [0.5, 0.6) is 5.75 Å². The average molecular weight is 250 g/mol. The van der Waals surface area contributed by atoms with Crippen molar-refractivity contribution in [3.05, 3.63) is 22.1 Å². The SMILES string of the molecule is COc1c([N+]#N)ccc(Cl)c1S(=O)(=O)O.